The van der Waals surface area contributed by atoms with Crippen molar-refractivity contribution in [2.24, 2.45) is 0 Å². The summed E-state index contributed by atoms with van der Waals surface area (Å²) in [5, 5.41) is 13.6. The highest BCUT2D eigenvalue weighted by atomic mass is 32.2. The maximum Gasteiger partial charge on any atom is 0.416 e. The van der Waals surface area contributed by atoms with E-state index < -0.39 is 41.2 Å². The Hall–Kier alpha value is -3.67. The molecule has 1 N–H and O–H groups in total. The Kier molecular flexibility index (Phi) is 8.35. The number of aryl methyl sites for hydroxylation is 1. The molecule has 4 aromatic rings. The van der Waals surface area contributed by atoms with Gasteiger partial charge in [-0.2, -0.15) is 31.4 Å². The lowest BCUT2D eigenvalue weighted by atomic mass is 10.0. The average molecular weight is 597 g/mol. The number of alkyl halides is 6. The second-order valence-corrected chi connectivity index (χ2v) is 11.3. The molecule has 1 atom stereocenters. The molecule has 3 aromatic carbocycles. The predicted molar refractivity (Wildman–Crippen MR) is 143 cm³/mol. The first-order valence-corrected chi connectivity index (χ1v) is 13.3. The van der Waals surface area contributed by atoms with Crippen molar-refractivity contribution in [2.45, 2.75) is 61.7 Å². The Bertz CT molecular complexity index is 1550. The van der Waals surface area contributed by atoms with Crippen LogP contribution in [-0.4, -0.2) is 32.6 Å². The molecule has 5 nitrogen and oxygen atoms in total. The topological polar surface area (TPSA) is 64.4 Å². The van der Waals surface area contributed by atoms with Gasteiger partial charge in [0.1, 0.15) is 5.75 Å². The van der Waals surface area contributed by atoms with Gasteiger partial charge >= 0.3 is 18.3 Å². The number of carboxylic acid groups (broad SMARTS) is 1. The fraction of sp³-hybridized carbons (Fsp3) is 0.310. The number of carboxylic acids is 1. The number of hydrogen-bond donors (Lipinski definition) is 1. The van der Waals surface area contributed by atoms with Gasteiger partial charge in [0.25, 0.3) is 0 Å². The smallest absolute Gasteiger partial charge is 0.416 e. The van der Waals surface area contributed by atoms with Gasteiger partial charge in [-0.15, -0.1) is 11.8 Å². The van der Waals surface area contributed by atoms with Gasteiger partial charge < -0.3 is 9.84 Å². The van der Waals surface area contributed by atoms with Crippen molar-refractivity contribution in [3.63, 3.8) is 0 Å². The van der Waals surface area contributed by atoms with Crippen LogP contribution >= 0.6 is 11.8 Å². The van der Waals surface area contributed by atoms with E-state index >= 15 is 0 Å². The van der Waals surface area contributed by atoms with Gasteiger partial charge in [0.05, 0.1) is 23.0 Å². The van der Waals surface area contributed by atoms with Gasteiger partial charge in [-0.05, 0) is 86.8 Å². The Morgan fingerprint density at radius 2 is 1.71 bits per heavy atom. The molecular weight excluding hydrogens is 570 g/mol. The number of aromatic nitrogens is 2. The van der Waals surface area contributed by atoms with Crippen molar-refractivity contribution in [1.29, 1.82) is 0 Å². The molecule has 4 rings (SSSR count). The van der Waals surface area contributed by atoms with Crippen LogP contribution in [0.3, 0.4) is 0 Å². The summed E-state index contributed by atoms with van der Waals surface area (Å²) in [7, 11) is 0. The molecule has 0 amide bonds. The number of benzene rings is 3. The monoisotopic (exact) mass is 596 g/mol. The van der Waals surface area contributed by atoms with Gasteiger partial charge in [0.15, 0.2) is 5.60 Å². The van der Waals surface area contributed by atoms with Gasteiger partial charge in [-0.3, -0.25) is 0 Å². The van der Waals surface area contributed by atoms with Crippen LogP contribution < -0.4 is 4.74 Å². The normalized spacial score (nSPS) is 13.4. The summed E-state index contributed by atoms with van der Waals surface area (Å²) in [5.41, 5.74) is -0.152. The molecule has 1 unspecified atom stereocenters. The van der Waals surface area contributed by atoms with E-state index in [0.717, 1.165) is 12.1 Å². The van der Waals surface area contributed by atoms with Crippen LogP contribution in [-0.2, 0) is 11.0 Å². The van der Waals surface area contributed by atoms with E-state index in [-0.39, 0.29) is 6.42 Å². The van der Waals surface area contributed by atoms with Crippen LogP contribution in [0.2, 0.25) is 0 Å². The summed E-state index contributed by atoms with van der Waals surface area (Å²) in [4.78, 5) is 12.1. The first kappa shape index (κ1) is 30.3. The van der Waals surface area contributed by atoms with Crippen LogP contribution in [0.25, 0.3) is 16.6 Å². The minimum absolute atomic E-state index is 0.234. The molecule has 0 aliphatic heterocycles. The fourth-order valence-corrected chi connectivity index (χ4v) is 5.50. The summed E-state index contributed by atoms with van der Waals surface area (Å²) in [6.45, 7) is 4.54. The molecule has 0 spiro atoms. The van der Waals surface area contributed by atoms with E-state index in [1.54, 1.807) is 43.3 Å². The lowest BCUT2D eigenvalue weighted by Crippen LogP contribution is -2.38. The van der Waals surface area contributed by atoms with E-state index in [2.05, 4.69) is 5.10 Å². The standard InChI is InChI=1S/C29H26F6N2O3S/c1-17-15-20(11-12-24(17)40-27(2,3)26(38)39)41-25(13-14-28(30,31)32)21-5-4-6-23-22(21)16-36-37(23)19-9-7-18(8-10-19)29(33,34)35/h4-12,15-16,25H,13-14H2,1-3H3,(H,38,39). The second kappa shape index (κ2) is 11.3. The summed E-state index contributed by atoms with van der Waals surface area (Å²) >= 11 is 1.22. The molecule has 218 valence electrons. The Morgan fingerprint density at radius 3 is 2.29 bits per heavy atom. The summed E-state index contributed by atoms with van der Waals surface area (Å²) in [5.74, 6) is -0.805. The zero-order chi connectivity index (χ0) is 30.2. The van der Waals surface area contributed by atoms with E-state index in [4.69, 9.17) is 4.74 Å². The molecule has 0 saturated carbocycles. The Labute approximate surface area is 236 Å². The third-order valence-corrected chi connectivity index (χ3v) is 7.73. The number of ether oxygens (including phenoxy) is 1. The maximum atomic E-state index is 13.3. The number of rotatable bonds is 9. The van der Waals surface area contributed by atoms with Crippen LogP contribution in [0.1, 0.15) is 48.6 Å². The van der Waals surface area contributed by atoms with Crippen LogP contribution in [0.5, 0.6) is 5.75 Å². The van der Waals surface area contributed by atoms with Crippen molar-refractivity contribution in [3.05, 3.63) is 83.6 Å². The minimum Gasteiger partial charge on any atom is -0.478 e. The van der Waals surface area contributed by atoms with Crippen molar-refractivity contribution in [3.8, 4) is 11.4 Å². The van der Waals surface area contributed by atoms with Gasteiger partial charge in [0, 0.05) is 22.0 Å². The first-order valence-electron chi connectivity index (χ1n) is 12.5. The van der Waals surface area contributed by atoms with Crippen molar-refractivity contribution in [1.82, 2.24) is 9.78 Å². The van der Waals surface area contributed by atoms with Crippen molar-refractivity contribution < 1.29 is 41.0 Å². The van der Waals surface area contributed by atoms with Crippen LogP contribution in [0, 0.1) is 6.92 Å². The van der Waals surface area contributed by atoms with Gasteiger partial charge in [-0.1, -0.05) is 12.1 Å². The number of thioether (sulfide) groups is 1. The third-order valence-electron chi connectivity index (χ3n) is 6.43. The third kappa shape index (κ3) is 7.16. The molecule has 41 heavy (non-hydrogen) atoms. The fourth-order valence-electron chi connectivity index (χ4n) is 4.22. The summed E-state index contributed by atoms with van der Waals surface area (Å²) in [6, 6.07) is 14.5. The Morgan fingerprint density at radius 1 is 1.02 bits per heavy atom. The van der Waals surface area contributed by atoms with Crippen LogP contribution in [0.4, 0.5) is 26.3 Å². The highest BCUT2D eigenvalue weighted by molar-refractivity contribution is 7.99. The summed E-state index contributed by atoms with van der Waals surface area (Å²) in [6.07, 6.45) is -8.63. The van der Waals surface area contributed by atoms with Gasteiger partial charge in [-0.25, -0.2) is 9.48 Å². The zero-order valence-electron chi connectivity index (χ0n) is 22.2. The molecule has 0 radical (unpaired) electrons. The van der Waals surface area contributed by atoms with Crippen molar-refractivity contribution >= 4 is 28.6 Å². The molecule has 0 fully saturated rings. The number of halogens is 6. The van der Waals surface area contributed by atoms with E-state index in [0.29, 0.717) is 38.4 Å². The Balaban J connectivity index is 1.68. The van der Waals surface area contributed by atoms with Gasteiger partial charge in [0.2, 0.25) is 0 Å². The molecule has 1 heterocycles. The second-order valence-electron chi connectivity index (χ2n) is 9.99. The molecule has 0 aliphatic carbocycles. The lowest BCUT2D eigenvalue weighted by Gasteiger charge is -2.23. The van der Waals surface area contributed by atoms with Crippen LogP contribution in [0.15, 0.2) is 71.8 Å². The summed E-state index contributed by atoms with van der Waals surface area (Å²) < 4.78 is 86.0. The number of nitrogens with zero attached hydrogens (tertiary/aromatic N) is 2. The predicted octanol–water partition coefficient (Wildman–Crippen LogP) is 8.77. The molecule has 0 saturated heterocycles. The number of aliphatic carboxylic acids is 1. The van der Waals surface area contributed by atoms with E-state index in [9.17, 15) is 36.2 Å². The zero-order valence-corrected chi connectivity index (χ0v) is 23.0. The average Bonchev–Trinajstić information content (AvgIpc) is 3.31. The molecule has 0 bridgehead atoms. The molecule has 0 aliphatic rings. The lowest BCUT2D eigenvalue weighted by molar-refractivity contribution is -0.152. The highest BCUT2D eigenvalue weighted by Crippen LogP contribution is 2.44. The number of hydrogen-bond acceptors (Lipinski definition) is 4. The molecule has 1 aromatic heterocycles. The van der Waals surface area contributed by atoms with E-state index in [1.807, 2.05) is 0 Å². The number of fused-ring (bicyclic) bond motifs is 1. The highest BCUT2D eigenvalue weighted by Gasteiger charge is 2.32. The maximum absolute atomic E-state index is 13.3. The van der Waals surface area contributed by atoms with E-state index in [1.165, 1.54) is 48.6 Å². The SMILES string of the molecule is Cc1cc(SC(CCC(F)(F)F)c2cccc3c2cnn3-c2ccc(C(F)(F)F)cc2)ccc1OC(C)(C)C(=O)O. The van der Waals surface area contributed by atoms with Crippen molar-refractivity contribution in [2.75, 3.05) is 0 Å². The number of carbonyl (C=O) groups is 1. The minimum atomic E-state index is -4.49. The molecular formula is C29H26F6N2O3S. The first-order chi connectivity index (χ1) is 19.0. The molecule has 12 heteroatoms. The quantitative estimate of drug-likeness (QED) is 0.155. The largest absolute Gasteiger partial charge is 0.478 e.